The normalized spacial score (nSPS) is 15.0. The van der Waals surface area contributed by atoms with E-state index in [1.165, 1.54) is 22.7 Å². The average molecular weight is 419 g/mol. The summed E-state index contributed by atoms with van der Waals surface area (Å²) in [6.07, 6.45) is 0. The third-order valence-electron chi connectivity index (χ3n) is 4.31. The Morgan fingerprint density at radius 2 is 2.04 bits per heavy atom. The monoisotopic (exact) mass is 418 g/mol. The first-order valence-electron chi connectivity index (χ1n) is 8.68. The predicted octanol–water partition coefficient (Wildman–Crippen LogP) is 1.96. The fraction of sp³-hybridized carbons (Fsp3) is 0.353. The molecule has 4 heterocycles. The fourth-order valence-corrected chi connectivity index (χ4v) is 4.11. The van der Waals surface area contributed by atoms with E-state index in [2.05, 4.69) is 20.5 Å². The number of hydrogen-bond acceptors (Lipinski definition) is 9. The van der Waals surface area contributed by atoms with E-state index in [1.54, 1.807) is 15.8 Å². The molecule has 11 heteroatoms. The number of piperazine rings is 1. The molecule has 3 aromatic rings. The maximum atomic E-state index is 12.7. The Hall–Kier alpha value is -2.63. The molecule has 0 aliphatic carbocycles. The number of hydrogen-bond donors (Lipinski definition) is 1. The molecule has 1 aliphatic heterocycles. The fourth-order valence-electron chi connectivity index (χ4n) is 2.90. The van der Waals surface area contributed by atoms with Crippen molar-refractivity contribution >= 4 is 39.6 Å². The van der Waals surface area contributed by atoms with Gasteiger partial charge in [-0.15, -0.1) is 21.5 Å². The highest BCUT2D eigenvalue weighted by molar-refractivity contribution is 7.13. The summed E-state index contributed by atoms with van der Waals surface area (Å²) in [6, 6.07) is 3.73. The van der Waals surface area contributed by atoms with Gasteiger partial charge in [-0.25, -0.2) is 4.98 Å². The zero-order chi connectivity index (χ0) is 19.5. The van der Waals surface area contributed by atoms with Crippen LogP contribution in [-0.2, 0) is 4.79 Å². The van der Waals surface area contributed by atoms with E-state index < -0.39 is 0 Å². The van der Waals surface area contributed by atoms with Gasteiger partial charge in [0.25, 0.3) is 5.91 Å². The zero-order valence-corrected chi connectivity index (χ0v) is 16.8. The van der Waals surface area contributed by atoms with Crippen LogP contribution in [0.25, 0.3) is 10.8 Å². The second-order valence-corrected chi connectivity index (χ2v) is 8.00. The molecule has 9 nitrogen and oxygen atoms in total. The lowest BCUT2D eigenvalue weighted by molar-refractivity contribution is -0.117. The van der Waals surface area contributed by atoms with E-state index in [0.29, 0.717) is 47.8 Å². The van der Waals surface area contributed by atoms with Gasteiger partial charge in [-0.1, -0.05) is 11.3 Å². The number of nitrogens with one attached hydrogen (secondary N) is 1. The summed E-state index contributed by atoms with van der Waals surface area (Å²) in [6.45, 7) is 4.50. The lowest BCUT2D eigenvalue weighted by Crippen LogP contribution is -2.50. The van der Waals surface area contributed by atoms with Crippen molar-refractivity contribution in [2.45, 2.75) is 6.92 Å². The highest BCUT2D eigenvalue weighted by Crippen LogP contribution is 2.26. The van der Waals surface area contributed by atoms with Gasteiger partial charge in [0.15, 0.2) is 10.8 Å². The van der Waals surface area contributed by atoms with Gasteiger partial charge >= 0.3 is 0 Å². The highest BCUT2D eigenvalue weighted by atomic mass is 32.1. The molecule has 0 atom stereocenters. The van der Waals surface area contributed by atoms with Crippen molar-refractivity contribution in [1.82, 2.24) is 25.0 Å². The molecule has 0 saturated carbocycles. The molecular weight excluding hydrogens is 400 g/mol. The van der Waals surface area contributed by atoms with Crippen molar-refractivity contribution in [1.29, 1.82) is 0 Å². The van der Waals surface area contributed by atoms with Gasteiger partial charge in [0.05, 0.1) is 6.54 Å². The minimum Gasteiger partial charge on any atom is -0.459 e. The Kier molecular flexibility index (Phi) is 5.46. The van der Waals surface area contributed by atoms with Gasteiger partial charge in [0, 0.05) is 31.6 Å². The van der Waals surface area contributed by atoms with Crippen molar-refractivity contribution in [3.8, 4) is 10.8 Å². The number of amides is 2. The van der Waals surface area contributed by atoms with E-state index in [0.717, 1.165) is 5.76 Å². The van der Waals surface area contributed by atoms with Crippen LogP contribution in [0.15, 0.2) is 27.4 Å². The molecule has 0 spiro atoms. The molecule has 0 unspecified atom stereocenters. The summed E-state index contributed by atoms with van der Waals surface area (Å²) in [5.41, 5.74) is 1.99. The SMILES string of the molecule is Cc1ccc(-c2nc(C(=O)N3CCN(CC(=O)Nc4nncs4)CC3)cs2)o1. The summed E-state index contributed by atoms with van der Waals surface area (Å²) in [5, 5.41) is 13.1. The molecule has 28 heavy (non-hydrogen) atoms. The van der Waals surface area contributed by atoms with Crippen LogP contribution in [0.3, 0.4) is 0 Å². The number of nitrogens with zero attached hydrogens (tertiary/aromatic N) is 5. The minimum absolute atomic E-state index is 0.0938. The van der Waals surface area contributed by atoms with Crippen LogP contribution in [0.5, 0.6) is 0 Å². The van der Waals surface area contributed by atoms with Crippen LogP contribution in [0.1, 0.15) is 16.2 Å². The molecule has 0 aromatic carbocycles. The molecule has 4 rings (SSSR count). The number of thiazole rings is 1. The van der Waals surface area contributed by atoms with Gasteiger partial charge in [-0.2, -0.15) is 0 Å². The van der Waals surface area contributed by atoms with Crippen molar-refractivity contribution in [3.05, 3.63) is 34.5 Å². The van der Waals surface area contributed by atoms with Gasteiger partial charge in [-0.3, -0.25) is 19.8 Å². The smallest absolute Gasteiger partial charge is 0.273 e. The quantitative estimate of drug-likeness (QED) is 0.675. The predicted molar refractivity (Wildman–Crippen MR) is 105 cm³/mol. The second kappa shape index (κ2) is 8.17. The molecule has 0 radical (unpaired) electrons. The number of carbonyl (C=O) groups is 2. The van der Waals surface area contributed by atoms with Crippen molar-refractivity contribution in [2.75, 3.05) is 38.0 Å². The topological polar surface area (TPSA) is 104 Å². The number of anilines is 1. The standard InChI is InChI=1S/C17H18N6O3S2/c1-11-2-3-13(26-11)15-19-12(9-27-15)16(25)23-6-4-22(5-7-23)8-14(24)20-17-21-18-10-28-17/h2-3,9-10H,4-8H2,1H3,(H,20,21,24). The van der Waals surface area contributed by atoms with Gasteiger partial charge in [-0.05, 0) is 19.1 Å². The Morgan fingerprint density at radius 3 is 2.71 bits per heavy atom. The first kappa shape index (κ1) is 18.7. The van der Waals surface area contributed by atoms with Crippen LogP contribution in [0, 0.1) is 6.92 Å². The average Bonchev–Trinajstić information content (AvgIpc) is 3.43. The van der Waals surface area contributed by atoms with Gasteiger partial charge in [0.2, 0.25) is 11.0 Å². The Bertz CT molecular complexity index is 959. The molecule has 146 valence electrons. The van der Waals surface area contributed by atoms with E-state index in [1.807, 2.05) is 24.0 Å². The Balaban J connectivity index is 1.29. The lowest BCUT2D eigenvalue weighted by Gasteiger charge is -2.33. The molecule has 1 saturated heterocycles. The summed E-state index contributed by atoms with van der Waals surface area (Å²) in [7, 11) is 0. The molecule has 0 bridgehead atoms. The zero-order valence-electron chi connectivity index (χ0n) is 15.1. The van der Waals surface area contributed by atoms with Gasteiger partial charge in [0.1, 0.15) is 17.0 Å². The van der Waals surface area contributed by atoms with Crippen molar-refractivity contribution in [3.63, 3.8) is 0 Å². The third-order valence-corrected chi connectivity index (χ3v) is 5.77. The number of carbonyl (C=O) groups excluding carboxylic acids is 2. The second-order valence-electron chi connectivity index (χ2n) is 6.31. The van der Waals surface area contributed by atoms with E-state index in [9.17, 15) is 9.59 Å². The van der Waals surface area contributed by atoms with Gasteiger partial charge < -0.3 is 9.32 Å². The van der Waals surface area contributed by atoms with Crippen LogP contribution in [0.4, 0.5) is 5.13 Å². The Labute approximate surface area is 169 Å². The minimum atomic E-state index is -0.130. The largest absolute Gasteiger partial charge is 0.459 e. The summed E-state index contributed by atoms with van der Waals surface area (Å²) >= 11 is 2.67. The number of rotatable bonds is 5. The van der Waals surface area contributed by atoms with Crippen LogP contribution < -0.4 is 5.32 Å². The number of aromatic nitrogens is 3. The third kappa shape index (κ3) is 4.26. The lowest BCUT2D eigenvalue weighted by atomic mass is 10.3. The van der Waals surface area contributed by atoms with Crippen LogP contribution >= 0.6 is 22.7 Å². The van der Waals surface area contributed by atoms with Crippen LogP contribution in [0.2, 0.25) is 0 Å². The van der Waals surface area contributed by atoms with E-state index >= 15 is 0 Å². The summed E-state index contributed by atoms with van der Waals surface area (Å²) in [5.74, 6) is 1.26. The van der Waals surface area contributed by atoms with E-state index in [4.69, 9.17) is 4.42 Å². The van der Waals surface area contributed by atoms with Crippen molar-refractivity contribution in [2.24, 2.45) is 0 Å². The molecule has 2 amide bonds. The number of aryl methyl sites for hydroxylation is 1. The molecule has 3 aromatic heterocycles. The molecule has 1 fully saturated rings. The summed E-state index contributed by atoms with van der Waals surface area (Å²) in [4.78, 5) is 33.0. The van der Waals surface area contributed by atoms with Crippen molar-refractivity contribution < 1.29 is 14.0 Å². The highest BCUT2D eigenvalue weighted by Gasteiger charge is 2.25. The first-order valence-corrected chi connectivity index (χ1v) is 10.4. The maximum absolute atomic E-state index is 12.7. The molecule has 1 aliphatic rings. The molecular formula is C17H18N6O3S2. The first-order chi connectivity index (χ1) is 13.6. The Morgan fingerprint density at radius 1 is 1.21 bits per heavy atom. The molecule has 1 N–H and O–H groups in total. The van der Waals surface area contributed by atoms with Crippen LogP contribution in [-0.4, -0.2) is 69.5 Å². The number of furan rings is 1. The maximum Gasteiger partial charge on any atom is 0.273 e. The summed E-state index contributed by atoms with van der Waals surface area (Å²) < 4.78 is 5.57. The van der Waals surface area contributed by atoms with E-state index in [-0.39, 0.29) is 18.4 Å².